The molecule has 0 aliphatic carbocycles. The number of rotatable bonds is 5. The molecule has 1 fully saturated rings. The number of hydrogen-bond donors (Lipinski definition) is 1. The SMILES string of the molecule is C[C](C)CC(N)c1cnc(CN2CCOCC2)s1. The van der Waals surface area contributed by atoms with Crippen molar-refractivity contribution in [2.24, 2.45) is 5.73 Å². The van der Waals surface area contributed by atoms with Crippen molar-refractivity contribution in [1.82, 2.24) is 9.88 Å². The summed E-state index contributed by atoms with van der Waals surface area (Å²) in [4.78, 5) is 8.06. The van der Waals surface area contributed by atoms with E-state index in [-0.39, 0.29) is 6.04 Å². The Morgan fingerprint density at radius 1 is 1.50 bits per heavy atom. The fourth-order valence-corrected chi connectivity index (χ4v) is 3.02. The molecule has 1 aliphatic heterocycles. The van der Waals surface area contributed by atoms with Crippen molar-refractivity contribution < 1.29 is 4.74 Å². The number of thiazole rings is 1. The fourth-order valence-electron chi connectivity index (χ4n) is 2.06. The molecule has 5 heteroatoms. The van der Waals surface area contributed by atoms with E-state index in [4.69, 9.17) is 10.5 Å². The van der Waals surface area contributed by atoms with E-state index >= 15 is 0 Å². The van der Waals surface area contributed by atoms with E-state index < -0.39 is 0 Å². The summed E-state index contributed by atoms with van der Waals surface area (Å²) < 4.78 is 5.34. The van der Waals surface area contributed by atoms with Crippen LogP contribution in [0.1, 0.15) is 36.2 Å². The van der Waals surface area contributed by atoms with Gasteiger partial charge in [0.2, 0.25) is 0 Å². The highest BCUT2D eigenvalue weighted by Crippen LogP contribution is 2.25. The molecule has 1 radical (unpaired) electrons. The molecule has 0 spiro atoms. The highest BCUT2D eigenvalue weighted by Gasteiger charge is 2.15. The van der Waals surface area contributed by atoms with Gasteiger partial charge in [-0.2, -0.15) is 0 Å². The summed E-state index contributed by atoms with van der Waals surface area (Å²) in [7, 11) is 0. The third-order valence-electron chi connectivity index (χ3n) is 3.03. The average molecular weight is 268 g/mol. The van der Waals surface area contributed by atoms with Crippen molar-refractivity contribution in [1.29, 1.82) is 0 Å². The second-order valence-corrected chi connectivity index (χ2v) is 6.21. The molecule has 4 nitrogen and oxygen atoms in total. The predicted molar refractivity (Wildman–Crippen MR) is 74.3 cm³/mol. The molecule has 2 N–H and O–H groups in total. The minimum absolute atomic E-state index is 0.103. The van der Waals surface area contributed by atoms with Crippen molar-refractivity contribution in [3.05, 3.63) is 22.0 Å². The lowest BCUT2D eigenvalue weighted by molar-refractivity contribution is 0.0341. The van der Waals surface area contributed by atoms with Gasteiger partial charge >= 0.3 is 0 Å². The Balaban J connectivity index is 1.88. The van der Waals surface area contributed by atoms with Crippen molar-refractivity contribution in [2.75, 3.05) is 26.3 Å². The molecule has 0 aromatic carbocycles. The van der Waals surface area contributed by atoms with Crippen LogP contribution in [0, 0.1) is 5.92 Å². The summed E-state index contributed by atoms with van der Waals surface area (Å²) >= 11 is 1.74. The van der Waals surface area contributed by atoms with Gasteiger partial charge in [-0.05, 0) is 12.3 Å². The van der Waals surface area contributed by atoms with Crippen molar-refractivity contribution in [2.45, 2.75) is 32.9 Å². The molecular weight excluding hydrogens is 246 g/mol. The first kappa shape index (κ1) is 13.9. The van der Waals surface area contributed by atoms with Crippen LogP contribution in [0.25, 0.3) is 0 Å². The standard InChI is InChI=1S/C13H22N3OS/c1-10(2)7-11(14)12-8-15-13(18-12)9-16-3-5-17-6-4-16/h8,11H,3-7,9,14H2,1-2H3. The molecule has 2 heterocycles. The molecule has 0 bridgehead atoms. The molecule has 1 atom stereocenters. The summed E-state index contributed by atoms with van der Waals surface area (Å²) in [6.07, 6.45) is 2.88. The van der Waals surface area contributed by atoms with Crippen LogP contribution in [0.5, 0.6) is 0 Å². The number of morpholine rings is 1. The Kier molecular flexibility index (Phi) is 5.12. The normalized spacial score (nSPS) is 19.3. The van der Waals surface area contributed by atoms with Crippen molar-refractivity contribution >= 4 is 11.3 Å². The second-order valence-electron chi connectivity index (χ2n) is 5.06. The van der Waals surface area contributed by atoms with E-state index in [0.29, 0.717) is 0 Å². The van der Waals surface area contributed by atoms with Gasteiger partial charge in [-0.3, -0.25) is 4.90 Å². The molecule has 1 aliphatic rings. The Labute approximate surface area is 113 Å². The second kappa shape index (κ2) is 6.61. The zero-order chi connectivity index (χ0) is 13.0. The minimum Gasteiger partial charge on any atom is -0.379 e. The van der Waals surface area contributed by atoms with E-state index in [1.54, 1.807) is 11.3 Å². The van der Waals surface area contributed by atoms with Crippen LogP contribution in [0.4, 0.5) is 0 Å². The lowest BCUT2D eigenvalue weighted by atomic mass is 10.0. The van der Waals surface area contributed by atoms with Gasteiger partial charge < -0.3 is 10.5 Å². The quantitative estimate of drug-likeness (QED) is 0.887. The highest BCUT2D eigenvalue weighted by atomic mass is 32.1. The number of nitrogens with zero attached hydrogens (tertiary/aromatic N) is 2. The smallest absolute Gasteiger partial charge is 0.107 e. The summed E-state index contributed by atoms with van der Waals surface area (Å²) in [5.41, 5.74) is 6.16. The molecule has 1 unspecified atom stereocenters. The Hall–Kier alpha value is -0.490. The molecule has 0 amide bonds. The number of ether oxygens (including phenoxy) is 1. The summed E-state index contributed by atoms with van der Waals surface area (Å²) in [5.74, 6) is 1.37. The van der Waals surface area contributed by atoms with Crippen LogP contribution in [-0.2, 0) is 11.3 Å². The van der Waals surface area contributed by atoms with E-state index in [2.05, 4.69) is 23.7 Å². The van der Waals surface area contributed by atoms with Gasteiger partial charge in [0.05, 0.1) is 19.8 Å². The first-order chi connectivity index (χ1) is 8.65. The van der Waals surface area contributed by atoms with Crippen LogP contribution in [0.15, 0.2) is 6.20 Å². The van der Waals surface area contributed by atoms with E-state index in [0.717, 1.165) is 44.3 Å². The molecule has 0 saturated carbocycles. The first-order valence-electron chi connectivity index (χ1n) is 6.44. The van der Waals surface area contributed by atoms with Gasteiger partial charge in [-0.25, -0.2) is 4.98 Å². The molecule has 1 aromatic heterocycles. The third kappa shape index (κ3) is 4.02. The minimum atomic E-state index is 0.103. The zero-order valence-electron chi connectivity index (χ0n) is 11.2. The molecule has 2 rings (SSSR count). The Bertz CT molecular complexity index is 361. The van der Waals surface area contributed by atoms with Crippen molar-refractivity contribution in [3.8, 4) is 0 Å². The zero-order valence-corrected chi connectivity index (χ0v) is 12.0. The third-order valence-corrected chi connectivity index (χ3v) is 4.14. The number of hydrogen-bond acceptors (Lipinski definition) is 5. The topological polar surface area (TPSA) is 51.4 Å². The van der Waals surface area contributed by atoms with Gasteiger partial charge in [-0.15, -0.1) is 11.3 Å². The Morgan fingerprint density at radius 3 is 2.89 bits per heavy atom. The molecule has 18 heavy (non-hydrogen) atoms. The average Bonchev–Trinajstić information content (AvgIpc) is 2.78. The van der Waals surface area contributed by atoms with Gasteiger partial charge in [-0.1, -0.05) is 13.8 Å². The summed E-state index contributed by atoms with van der Waals surface area (Å²) in [5, 5.41) is 1.16. The maximum Gasteiger partial charge on any atom is 0.107 e. The first-order valence-corrected chi connectivity index (χ1v) is 7.26. The predicted octanol–water partition coefficient (Wildman–Crippen LogP) is 1.98. The van der Waals surface area contributed by atoms with Gasteiger partial charge in [0.15, 0.2) is 0 Å². The maximum absolute atomic E-state index is 6.16. The Morgan fingerprint density at radius 2 is 2.22 bits per heavy atom. The molecule has 101 valence electrons. The lowest BCUT2D eigenvalue weighted by Gasteiger charge is -2.25. The van der Waals surface area contributed by atoms with Gasteiger partial charge in [0.1, 0.15) is 5.01 Å². The van der Waals surface area contributed by atoms with Crippen LogP contribution < -0.4 is 5.73 Å². The van der Waals surface area contributed by atoms with Crippen LogP contribution in [0.3, 0.4) is 0 Å². The lowest BCUT2D eigenvalue weighted by Crippen LogP contribution is -2.35. The molecular formula is C13H22N3OS. The monoisotopic (exact) mass is 268 g/mol. The summed E-state index contributed by atoms with van der Waals surface area (Å²) in [6, 6.07) is 0.103. The molecule has 1 saturated heterocycles. The van der Waals surface area contributed by atoms with E-state index in [1.165, 1.54) is 10.8 Å². The largest absolute Gasteiger partial charge is 0.379 e. The van der Waals surface area contributed by atoms with Crippen LogP contribution in [0.2, 0.25) is 0 Å². The van der Waals surface area contributed by atoms with Gasteiger partial charge in [0.25, 0.3) is 0 Å². The highest BCUT2D eigenvalue weighted by molar-refractivity contribution is 7.11. The van der Waals surface area contributed by atoms with Crippen molar-refractivity contribution in [3.63, 3.8) is 0 Å². The fraction of sp³-hybridized carbons (Fsp3) is 0.692. The maximum atomic E-state index is 6.16. The van der Waals surface area contributed by atoms with Crippen LogP contribution >= 0.6 is 11.3 Å². The van der Waals surface area contributed by atoms with Crippen LogP contribution in [-0.4, -0.2) is 36.2 Å². The number of aromatic nitrogens is 1. The number of nitrogens with two attached hydrogens (primary N) is 1. The molecule has 1 aromatic rings. The van der Waals surface area contributed by atoms with Gasteiger partial charge in [0, 0.05) is 30.2 Å². The van der Waals surface area contributed by atoms with E-state index in [9.17, 15) is 0 Å². The van der Waals surface area contributed by atoms with E-state index in [1.807, 2.05) is 6.20 Å². The summed E-state index contributed by atoms with van der Waals surface area (Å²) in [6.45, 7) is 8.84.